The summed E-state index contributed by atoms with van der Waals surface area (Å²) in [6.45, 7) is 0. The number of benzene rings is 1. The lowest BCUT2D eigenvalue weighted by Gasteiger charge is -2.09. The number of primary amides is 2. The quantitative estimate of drug-likeness (QED) is 0.467. The van der Waals surface area contributed by atoms with E-state index in [9.17, 15) is 19.7 Å². The molecule has 0 saturated carbocycles. The summed E-state index contributed by atoms with van der Waals surface area (Å²) in [4.78, 5) is 32.1. The predicted octanol–water partition coefficient (Wildman–Crippen LogP) is 1.41. The smallest absolute Gasteiger partial charge is 0.274 e. The average Bonchev–Trinajstić information content (AvgIpc) is 2.38. The Labute approximate surface area is 125 Å². The third kappa shape index (κ3) is 5.07. The van der Waals surface area contributed by atoms with Gasteiger partial charge in [0.1, 0.15) is 0 Å². The van der Waals surface area contributed by atoms with Gasteiger partial charge in [-0.1, -0.05) is 23.8 Å². The van der Waals surface area contributed by atoms with Crippen molar-refractivity contribution in [1.29, 1.82) is 0 Å². The summed E-state index contributed by atoms with van der Waals surface area (Å²) >= 11 is 5.73. The molecule has 21 heavy (non-hydrogen) atoms. The van der Waals surface area contributed by atoms with Crippen molar-refractivity contribution in [3.8, 4) is 0 Å². The Kier molecular flexibility index (Phi) is 5.62. The van der Waals surface area contributed by atoms with Crippen LogP contribution in [0.5, 0.6) is 0 Å². The van der Waals surface area contributed by atoms with Crippen LogP contribution >= 0.6 is 11.6 Å². The fourth-order valence-corrected chi connectivity index (χ4v) is 1.79. The van der Waals surface area contributed by atoms with Gasteiger partial charge < -0.3 is 11.5 Å². The maximum Gasteiger partial charge on any atom is 0.274 e. The Morgan fingerprint density at radius 2 is 1.71 bits per heavy atom. The van der Waals surface area contributed by atoms with Gasteiger partial charge in [-0.3, -0.25) is 19.7 Å². The maximum atomic E-state index is 11.1. The Morgan fingerprint density at radius 3 is 2.14 bits per heavy atom. The van der Waals surface area contributed by atoms with E-state index in [1.165, 1.54) is 30.4 Å². The van der Waals surface area contributed by atoms with E-state index in [4.69, 9.17) is 23.1 Å². The second-order valence-electron chi connectivity index (χ2n) is 4.01. The summed E-state index contributed by atoms with van der Waals surface area (Å²) in [6, 6.07) is 4.08. The molecule has 0 radical (unpaired) electrons. The average molecular weight is 310 g/mol. The molecule has 0 bridgehead atoms. The fourth-order valence-electron chi connectivity index (χ4n) is 1.63. The minimum Gasteiger partial charge on any atom is -0.366 e. The Balaban J connectivity index is 3.34. The molecule has 0 heterocycles. The molecule has 0 aliphatic carbocycles. The maximum absolute atomic E-state index is 11.1. The van der Waals surface area contributed by atoms with Gasteiger partial charge in [0.2, 0.25) is 11.8 Å². The zero-order chi connectivity index (χ0) is 16.0. The van der Waals surface area contributed by atoms with Gasteiger partial charge in [0.05, 0.1) is 4.92 Å². The van der Waals surface area contributed by atoms with Crippen LogP contribution < -0.4 is 11.5 Å². The van der Waals surface area contributed by atoms with E-state index in [1.807, 2.05) is 0 Å². The number of nitro groups is 1. The number of hydrogen-bond donors (Lipinski definition) is 2. The topological polar surface area (TPSA) is 129 Å². The van der Waals surface area contributed by atoms with Crippen LogP contribution in [0.3, 0.4) is 0 Å². The predicted molar refractivity (Wildman–Crippen MR) is 77.5 cm³/mol. The van der Waals surface area contributed by atoms with E-state index >= 15 is 0 Å². The van der Waals surface area contributed by atoms with E-state index in [0.29, 0.717) is 0 Å². The molecule has 2 amide bonds. The Bertz CT molecular complexity index is 616. The molecule has 110 valence electrons. The zero-order valence-corrected chi connectivity index (χ0v) is 11.5. The van der Waals surface area contributed by atoms with Crippen LogP contribution in [0, 0.1) is 10.1 Å². The lowest BCUT2D eigenvalue weighted by molar-refractivity contribution is -0.385. The van der Waals surface area contributed by atoms with Crippen molar-refractivity contribution < 1.29 is 14.5 Å². The third-order valence-electron chi connectivity index (χ3n) is 2.48. The first-order valence-electron chi connectivity index (χ1n) is 5.70. The number of nitrogens with two attached hydrogens (primary N) is 2. The summed E-state index contributed by atoms with van der Waals surface area (Å²) in [5, 5.41) is 11.3. The Morgan fingerprint density at radius 1 is 1.19 bits per heavy atom. The van der Waals surface area contributed by atoms with Crippen LogP contribution in [0.4, 0.5) is 5.69 Å². The third-order valence-corrected chi connectivity index (χ3v) is 2.72. The molecule has 8 heteroatoms. The second-order valence-corrected chi connectivity index (χ2v) is 4.45. The first-order chi connectivity index (χ1) is 9.81. The molecule has 0 fully saturated rings. The molecular formula is C13H12ClN3O4. The number of hydrogen-bond acceptors (Lipinski definition) is 4. The van der Waals surface area contributed by atoms with Gasteiger partial charge in [-0.05, 0) is 24.3 Å². The monoisotopic (exact) mass is 309 g/mol. The second kappa shape index (κ2) is 7.20. The van der Waals surface area contributed by atoms with Crippen molar-refractivity contribution in [3.05, 3.63) is 63.2 Å². The van der Waals surface area contributed by atoms with Gasteiger partial charge >= 0.3 is 0 Å². The largest absolute Gasteiger partial charge is 0.366 e. The van der Waals surface area contributed by atoms with Crippen LogP contribution in [0.25, 0.3) is 0 Å². The molecule has 1 aromatic rings. The number of halogens is 1. The lowest BCUT2D eigenvalue weighted by Crippen LogP contribution is -2.08. The fraction of sp³-hybridized carbons (Fsp3) is 0.0769. The van der Waals surface area contributed by atoms with Gasteiger partial charge in [-0.25, -0.2) is 0 Å². The highest BCUT2D eigenvalue weighted by atomic mass is 35.5. The molecule has 0 spiro atoms. The van der Waals surface area contributed by atoms with Crippen LogP contribution in [0.1, 0.15) is 11.5 Å². The van der Waals surface area contributed by atoms with Crippen molar-refractivity contribution >= 4 is 29.1 Å². The summed E-state index contributed by atoms with van der Waals surface area (Å²) < 4.78 is 0. The zero-order valence-electron chi connectivity index (χ0n) is 10.7. The molecule has 0 atom stereocenters. The SMILES string of the molecule is NC(=O)/C=C/C(/C=C/C(N)=O)c1ccc(Cl)cc1[N+](=O)[O-]. The van der Waals surface area contributed by atoms with Crippen LogP contribution in [-0.2, 0) is 9.59 Å². The molecule has 0 unspecified atom stereocenters. The highest BCUT2D eigenvalue weighted by Gasteiger charge is 2.19. The van der Waals surface area contributed by atoms with Gasteiger partial charge in [0.15, 0.2) is 0 Å². The molecular weight excluding hydrogens is 298 g/mol. The minimum atomic E-state index is -0.720. The number of rotatable bonds is 6. The number of carbonyl (C=O) groups excluding carboxylic acids is 2. The van der Waals surface area contributed by atoms with Gasteiger partial charge in [-0.2, -0.15) is 0 Å². The lowest BCUT2D eigenvalue weighted by atomic mass is 9.96. The van der Waals surface area contributed by atoms with Crippen LogP contribution in [-0.4, -0.2) is 16.7 Å². The molecule has 1 rings (SSSR count). The molecule has 0 aliphatic rings. The van der Waals surface area contributed by atoms with Crippen molar-refractivity contribution in [2.45, 2.75) is 5.92 Å². The van der Waals surface area contributed by atoms with E-state index in [0.717, 1.165) is 12.2 Å². The van der Waals surface area contributed by atoms with Crippen molar-refractivity contribution in [1.82, 2.24) is 0 Å². The summed E-state index contributed by atoms with van der Waals surface area (Å²) in [6.07, 6.45) is 4.76. The van der Waals surface area contributed by atoms with Gasteiger partial charge in [0, 0.05) is 22.6 Å². The number of amides is 2. The molecule has 7 nitrogen and oxygen atoms in total. The first kappa shape index (κ1) is 16.4. The van der Waals surface area contributed by atoms with Crippen LogP contribution in [0.15, 0.2) is 42.5 Å². The first-order valence-corrected chi connectivity index (χ1v) is 6.08. The van der Waals surface area contributed by atoms with E-state index in [2.05, 4.69) is 0 Å². The molecule has 0 aromatic heterocycles. The minimum absolute atomic E-state index is 0.196. The molecule has 4 N–H and O–H groups in total. The van der Waals surface area contributed by atoms with Crippen LogP contribution in [0.2, 0.25) is 5.02 Å². The highest BCUT2D eigenvalue weighted by molar-refractivity contribution is 6.30. The number of nitrogens with zero attached hydrogens (tertiary/aromatic N) is 1. The normalized spacial score (nSPS) is 11.3. The molecule has 1 aromatic carbocycles. The standard InChI is InChI=1S/C13H12ClN3O4/c14-9-3-4-10(11(7-9)17(20)21)8(1-5-12(15)18)2-6-13(16)19/h1-8H,(H2,15,18)(H2,16,19)/b5-1+,6-2+. The Hall–Kier alpha value is -2.67. The molecule has 0 saturated heterocycles. The highest BCUT2D eigenvalue weighted by Crippen LogP contribution is 2.31. The summed E-state index contributed by atoms with van der Waals surface area (Å²) in [5.74, 6) is -2.16. The number of allylic oxidation sites excluding steroid dienone is 2. The number of nitro benzene ring substituents is 1. The van der Waals surface area contributed by atoms with Gasteiger partial charge in [0.25, 0.3) is 5.69 Å². The summed E-state index contributed by atoms with van der Waals surface area (Å²) in [7, 11) is 0. The van der Waals surface area contributed by atoms with E-state index in [-0.39, 0.29) is 16.3 Å². The van der Waals surface area contributed by atoms with E-state index < -0.39 is 22.7 Å². The van der Waals surface area contributed by atoms with Crippen molar-refractivity contribution in [3.63, 3.8) is 0 Å². The van der Waals surface area contributed by atoms with Crippen molar-refractivity contribution in [2.24, 2.45) is 11.5 Å². The van der Waals surface area contributed by atoms with Crippen molar-refractivity contribution in [2.75, 3.05) is 0 Å². The number of carbonyl (C=O) groups is 2. The van der Waals surface area contributed by atoms with E-state index in [1.54, 1.807) is 0 Å². The van der Waals surface area contributed by atoms with Gasteiger partial charge in [-0.15, -0.1) is 0 Å². The molecule has 0 aliphatic heterocycles. The summed E-state index contributed by atoms with van der Waals surface area (Å²) in [5.41, 5.74) is 10.0.